The van der Waals surface area contributed by atoms with Gasteiger partial charge in [-0.2, -0.15) is 0 Å². The van der Waals surface area contributed by atoms with Crippen LogP contribution in [-0.2, 0) is 11.3 Å². The Morgan fingerprint density at radius 1 is 1.39 bits per heavy atom. The maximum atomic E-state index is 12.7. The normalized spacial score (nSPS) is 11.3. The largest absolute Gasteiger partial charge is 0.343 e. The Kier molecular flexibility index (Phi) is 6.24. The van der Waals surface area contributed by atoms with Crippen LogP contribution in [0, 0.1) is 5.92 Å². The molecule has 0 saturated carbocycles. The first kappa shape index (κ1) is 18.0. The molecule has 0 spiro atoms. The molecule has 2 aromatic rings. The molecule has 0 aliphatic rings. The van der Waals surface area contributed by atoms with Crippen LogP contribution in [0.1, 0.15) is 27.7 Å². The molecule has 0 aromatic carbocycles. The van der Waals surface area contributed by atoms with E-state index in [0.29, 0.717) is 41.2 Å². The van der Waals surface area contributed by atoms with Gasteiger partial charge in [-0.05, 0) is 31.2 Å². The minimum absolute atomic E-state index is 0.00325. The molecule has 1 amide bonds. The molecule has 0 radical (unpaired) electrons. The Hall–Kier alpha value is -1.34. The van der Waals surface area contributed by atoms with Crippen LogP contribution in [0.2, 0.25) is 0 Å². The summed E-state index contributed by atoms with van der Waals surface area (Å²) in [6, 6.07) is 1.86. The molecule has 23 heavy (non-hydrogen) atoms. The van der Waals surface area contributed by atoms with E-state index in [9.17, 15) is 9.59 Å². The van der Waals surface area contributed by atoms with E-state index < -0.39 is 0 Å². The number of nitrogens with zero attached hydrogens (tertiary/aromatic N) is 3. The van der Waals surface area contributed by atoms with E-state index in [4.69, 9.17) is 0 Å². The molecule has 0 aliphatic carbocycles. The third kappa shape index (κ3) is 4.14. The molecule has 2 rings (SSSR count). The van der Waals surface area contributed by atoms with Crippen LogP contribution < -0.4 is 5.56 Å². The van der Waals surface area contributed by atoms with Crippen molar-refractivity contribution in [2.75, 3.05) is 18.8 Å². The van der Waals surface area contributed by atoms with Gasteiger partial charge >= 0.3 is 0 Å². The van der Waals surface area contributed by atoms with Gasteiger partial charge in [0.15, 0.2) is 5.16 Å². The van der Waals surface area contributed by atoms with Gasteiger partial charge in [0, 0.05) is 19.6 Å². The molecule has 0 fully saturated rings. The van der Waals surface area contributed by atoms with Gasteiger partial charge in [0.1, 0.15) is 4.70 Å². The first-order valence-electron chi connectivity index (χ1n) is 7.86. The summed E-state index contributed by atoms with van der Waals surface area (Å²) in [5.41, 5.74) is 0.717. The number of thiophene rings is 1. The highest BCUT2D eigenvalue weighted by atomic mass is 32.2. The van der Waals surface area contributed by atoms with Crippen molar-refractivity contribution < 1.29 is 4.79 Å². The molecule has 7 heteroatoms. The minimum Gasteiger partial charge on any atom is -0.343 e. The summed E-state index contributed by atoms with van der Waals surface area (Å²) in [6.45, 7) is 10.1. The second-order valence-corrected chi connectivity index (χ2v) is 7.55. The van der Waals surface area contributed by atoms with Crippen molar-refractivity contribution in [2.45, 2.75) is 39.4 Å². The van der Waals surface area contributed by atoms with Crippen molar-refractivity contribution >= 4 is 39.2 Å². The maximum absolute atomic E-state index is 12.7. The third-order valence-corrected chi connectivity index (χ3v) is 5.37. The van der Waals surface area contributed by atoms with Crippen LogP contribution in [0.5, 0.6) is 0 Å². The molecule has 5 nitrogen and oxygen atoms in total. The first-order chi connectivity index (χ1) is 11.0. The highest BCUT2D eigenvalue weighted by Gasteiger charge is 2.16. The Morgan fingerprint density at radius 2 is 2.09 bits per heavy atom. The van der Waals surface area contributed by atoms with Crippen molar-refractivity contribution in [2.24, 2.45) is 5.92 Å². The van der Waals surface area contributed by atoms with Crippen molar-refractivity contribution in [3.8, 4) is 0 Å². The number of fused-ring (bicyclic) bond motifs is 1. The molecule has 0 N–H and O–H groups in total. The number of carbonyl (C=O) groups is 1. The Balaban J connectivity index is 2.31. The van der Waals surface area contributed by atoms with Crippen molar-refractivity contribution in [3.05, 3.63) is 21.8 Å². The Bertz CT molecular complexity index is 732. The smallest absolute Gasteiger partial charge is 0.272 e. The Labute approximate surface area is 144 Å². The second-order valence-electron chi connectivity index (χ2n) is 5.69. The fraction of sp³-hybridized carbons (Fsp3) is 0.562. The van der Waals surface area contributed by atoms with Gasteiger partial charge in [-0.15, -0.1) is 11.3 Å². The van der Waals surface area contributed by atoms with Crippen LogP contribution in [0.4, 0.5) is 0 Å². The second kappa shape index (κ2) is 7.97. The quantitative estimate of drug-likeness (QED) is 0.567. The van der Waals surface area contributed by atoms with Crippen LogP contribution in [0.3, 0.4) is 0 Å². The number of thioether (sulfide) groups is 1. The van der Waals surface area contributed by atoms with Crippen LogP contribution in [-0.4, -0.2) is 39.2 Å². The highest BCUT2D eigenvalue weighted by molar-refractivity contribution is 7.99. The highest BCUT2D eigenvalue weighted by Crippen LogP contribution is 2.22. The molecule has 0 unspecified atom stereocenters. The molecule has 2 aromatic heterocycles. The van der Waals surface area contributed by atoms with E-state index in [-0.39, 0.29) is 11.5 Å². The van der Waals surface area contributed by atoms with Gasteiger partial charge in [-0.25, -0.2) is 4.98 Å². The number of rotatable bonds is 7. The van der Waals surface area contributed by atoms with Crippen LogP contribution in [0.15, 0.2) is 21.4 Å². The number of carbonyl (C=O) groups excluding carboxylic acids is 1. The van der Waals surface area contributed by atoms with E-state index in [1.54, 1.807) is 9.47 Å². The summed E-state index contributed by atoms with van der Waals surface area (Å²) < 4.78 is 2.40. The molecule has 0 saturated heterocycles. The minimum atomic E-state index is -0.00325. The number of amides is 1. The average Bonchev–Trinajstić information content (AvgIpc) is 2.98. The zero-order valence-electron chi connectivity index (χ0n) is 14.0. The summed E-state index contributed by atoms with van der Waals surface area (Å²) in [4.78, 5) is 31.3. The van der Waals surface area contributed by atoms with Gasteiger partial charge < -0.3 is 4.90 Å². The predicted octanol–water partition coefficient (Wildman–Crippen LogP) is 3.07. The van der Waals surface area contributed by atoms with Gasteiger partial charge in [-0.3, -0.25) is 14.2 Å². The lowest BCUT2D eigenvalue weighted by atomic mass is 10.2. The summed E-state index contributed by atoms with van der Waals surface area (Å²) in [5, 5.41) is 2.52. The zero-order chi connectivity index (χ0) is 17.0. The lowest BCUT2D eigenvalue weighted by Crippen LogP contribution is -2.32. The number of hydrogen-bond acceptors (Lipinski definition) is 5. The van der Waals surface area contributed by atoms with E-state index in [1.807, 2.05) is 25.3 Å². The number of aromatic nitrogens is 2. The zero-order valence-corrected chi connectivity index (χ0v) is 15.7. The van der Waals surface area contributed by atoms with Gasteiger partial charge in [0.25, 0.3) is 5.56 Å². The SMILES string of the molecule is CCN(CC)C(=O)CSc1nc2ccsc2c(=O)n1CC(C)C. The van der Waals surface area contributed by atoms with Crippen LogP contribution in [0.25, 0.3) is 10.2 Å². The van der Waals surface area contributed by atoms with E-state index in [2.05, 4.69) is 18.8 Å². The lowest BCUT2D eigenvalue weighted by Gasteiger charge is -2.19. The van der Waals surface area contributed by atoms with Crippen LogP contribution >= 0.6 is 23.1 Å². The van der Waals surface area contributed by atoms with Crippen molar-refractivity contribution in [1.29, 1.82) is 0 Å². The van der Waals surface area contributed by atoms with Gasteiger partial charge in [-0.1, -0.05) is 25.6 Å². The van der Waals surface area contributed by atoms with Crippen molar-refractivity contribution in [3.63, 3.8) is 0 Å². The molecular weight excluding hydrogens is 330 g/mol. The van der Waals surface area contributed by atoms with E-state index in [1.165, 1.54) is 23.1 Å². The van der Waals surface area contributed by atoms with Crippen molar-refractivity contribution in [1.82, 2.24) is 14.5 Å². The molecular formula is C16H23N3O2S2. The van der Waals surface area contributed by atoms with Gasteiger partial charge in [0.2, 0.25) is 5.91 Å². The molecule has 0 aliphatic heterocycles. The lowest BCUT2D eigenvalue weighted by molar-refractivity contribution is -0.127. The summed E-state index contributed by atoms with van der Waals surface area (Å²) in [5.74, 6) is 0.725. The molecule has 0 bridgehead atoms. The molecule has 2 heterocycles. The monoisotopic (exact) mass is 353 g/mol. The third-order valence-electron chi connectivity index (χ3n) is 3.52. The maximum Gasteiger partial charge on any atom is 0.272 e. The van der Waals surface area contributed by atoms with Gasteiger partial charge in [0.05, 0.1) is 11.3 Å². The fourth-order valence-electron chi connectivity index (χ4n) is 2.35. The summed E-state index contributed by atoms with van der Waals surface area (Å²) >= 11 is 2.77. The molecule has 126 valence electrons. The fourth-order valence-corrected chi connectivity index (χ4v) is 4.04. The van der Waals surface area contributed by atoms with E-state index >= 15 is 0 Å². The van der Waals surface area contributed by atoms with E-state index in [0.717, 1.165) is 5.52 Å². The standard InChI is InChI=1S/C16H23N3O2S2/c1-5-18(6-2)13(20)10-23-16-17-12-7-8-22-14(12)15(21)19(16)9-11(3)4/h7-8,11H,5-6,9-10H2,1-4H3. The Morgan fingerprint density at radius 3 is 2.70 bits per heavy atom. The summed E-state index contributed by atoms with van der Waals surface area (Å²) in [6.07, 6.45) is 0. The number of hydrogen-bond donors (Lipinski definition) is 0. The predicted molar refractivity (Wildman–Crippen MR) is 97.4 cm³/mol. The topological polar surface area (TPSA) is 55.2 Å². The first-order valence-corrected chi connectivity index (χ1v) is 9.73. The molecule has 0 atom stereocenters. The average molecular weight is 354 g/mol. The summed E-state index contributed by atoms with van der Waals surface area (Å²) in [7, 11) is 0.